The largest absolute Gasteiger partial charge is 0.507 e. The zero-order valence-electron chi connectivity index (χ0n) is 12.4. The molecule has 4 nitrogen and oxygen atoms in total. The molecule has 0 fully saturated rings. The molecule has 110 valence electrons. The lowest BCUT2D eigenvalue weighted by Gasteiger charge is -2.14. The maximum Gasteiger partial charge on any atom is 0.338 e. The highest BCUT2D eigenvalue weighted by atomic mass is 16.5. The lowest BCUT2D eigenvalue weighted by molar-refractivity contribution is 0.0599. The summed E-state index contributed by atoms with van der Waals surface area (Å²) in [6.07, 6.45) is 0. The molecule has 21 heavy (non-hydrogen) atoms. The van der Waals surface area contributed by atoms with Gasteiger partial charge in [-0.05, 0) is 37.1 Å². The van der Waals surface area contributed by atoms with Gasteiger partial charge in [0.25, 0.3) is 0 Å². The SMILES string of the molecule is COC(=O)c1ccccc1CNc1ccc(C)c(O)c1C. The molecule has 2 rings (SSSR count). The van der Waals surface area contributed by atoms with Gasteiger partial charge >= 0.3 is 5.97 Å². The minimum atomic E-state index is -0.351. The third-order valence-electron chi connectivity index (χ3n) is 3.52. The minimum Gasteiger partial charge on any atom is -0.507 e. The number of rotatable bonds is 4. The van der Waals surface area contributed by atoms with E-state index in [2.05, 4.69) is 5.32 Å². The number of hydrogen-bond donors (Lipinski definition) is 2. The van der Waals surface area contributed by atoms with E-state index in [1.165, 1.54) is 7.11 Å². The third kappa shape index (κ3) is 3.16. The fourth-order valence-corrected chi connectivity index (χ4v) is 2.20. The maximum atomic E-state index is 11.7. The topological polar surface area (TPSA) is 58.6 Å². The van der Waals surface area contributed by atoms with Crippen LogP contribution in [0.1, 0.15) is 27.0 Å². The van der Waals surface area contributed by atoms with Crippen LogP contribution in [0.5, 0.6) is 5.75 Å². The second-order valence-corrected chi connectivity index (χ2v) is 4.91. The standard InChI is InChI=1S/C17H19NO3/c1-11-8-9-15(12(2)16(11)19)18-10-13-6-4-5-7-14(13)17(20)21-3/h4-9,18-19H,10H2,1-3H3. The number of carbonyl (C=O) groups excluding carboxylic acids is 1. The second-order valence-electron chi connectivity index (χ2n) is 4.91. The van der Waals surface area contributed by atoms with E-state index in [1.54, 1.807) is 12.1 Å². The highest BCUT2D eigenvalue weighted by Crippen LogP contribution is 2.28. The van der Waals surface area contributed by atoms with Crippen molar-refractivity contribution in [3.63, 3.8) is 0 Å². The number of benzene rings is 2. The zero-order chi connectivity index (χ0) is 15.4. The first-order valence-electron chi connectivity index (χ1n) is 6.74. The van der Waals surface area contributed by atoms with Crippen molar-refractivity contribution in [2.45, 2.75) is 20.4 Å². The van der Waals surface area contributed by atoms with Crippen molar-refractivity contribution in [1.82, 2.24) is 0 Å². The van der Waals surface area contributed by atoms with Crippen molar-refractivity contribution in [3.05, 3.63) is 58.7 Å². The van der Waals surface area contributed by atoms with Gasteiger partial charge in [0.05, 0.1) is 12.7 Å². The molecule has 2 aromatic rings. The zero-order valence-corrected chi connectivity index (χ0v) is 12.4. The molecule has 0 aromatic heterocycles. The van der Waals surface area contributed by atoms with Crippen LogP contribution in [-0.4, -0.2) is 18.2 Å². The Morgan fingerprint density at radius 3 is 2.62 bits per heavy atom. The van der Waals surface area contributed by atoms with Crippen LogP contribution in [0, 0.1) is 13.8 Å². The molecule has 0 bridgehead atoms. The number of phenolic OH excluding ortho intramolecular Hbond substituents is 1. The summed E-state index contributed by atoms with van der Waals surface area (Å²) >= 11 is 0. The molecule has 0 radical (unpaired) electrons. The van der Waals surface area contributed by atoms with E-state index in [4.69, 9.17) is 4.74 Å². The van der Waals surface area contributed by atoms with Gasteiger partial charge in [-0.1, -0.05) is 24.3 Å². The van der Waals surface area contributed by atoms with E-state index < -0.39 is 0 Å². The van der Waals surface area contributed by atoms with Crippen LogP contribution >= 0.6 is 0 Å². The summed E-state index contributed by atoms with van der Waals surface area (Å²) in [5, 5.41) is 13.2. The smallest absolute Gasteiger partial charge is 0.338 e. The first-order chi connectivity index (χ1) is 10.0. The molecule has 0 heterocycles. The van der Waals surface area contributed by atoms with E-state index in [0.29, 0.717) is 17.9 Å². The number of aryl methyl sites for hydroxylation is 1. The summed E-state index contributed by atoms with van der Waals surface area (Å²) in [5.41, 5.74) is 3.88. The fourth-order valence-electron chi connectivity index (χ4n) is 2.20. The van der Waals surface area contributed by atoms with Gasteiger partial charge in [-0.3, -0.25) is 0 Å². The number of carbonyl (C=O) groups is 1. The highest BCUT2D eigenvalue weighted by Gasteiger charge is 2.11. The first kappa shape index (κ1) is 14.9. The van der Waals surface area contributed by atoms with E-state index in [9.17, 15) is 9.90 Å². The Balaban J connectivity index is 2.21. The molecular formula is C17H19NO3. The molecule has 0 atom stereocenters. The predicted molar refractivity (Wildman–Crippen MR) is 82.7 cm³/mol. The molecule has 4 heteroatoms. The van der Waals surface area contributed by atoms with Gasteiger partial charge in [0.1, 0.15) is 5.75 Å². The Morgan fingerprint density at radius 1 is 1.19 bits per heavy atom. The maximum absolute atomic E-state index is 11.7. The number of ether oxygens (including phenoxy) is 1. The lowest BCUT2D eigenvalue weighted by atomic mass is 10.1. The van der Waals surface area contributed by atoms with Crippen molar-refractivity contribution in [1.29, 1.82) is 0 Å². The molecule has 0 amide bonds. The summed E-state index contributed by atoms with van der Waals surface area (Å²) < 4.78 is 4.78. The van der Waals surface area contributed by atoms with Crippen LogP contribution in [-0.2, 0) is 11.3 Å². The molecule has 0 aliphatic carbocycles. The van der Waals surface area contributed by atoms with E-state index in [0.717, 1.165) is 22.4 Å². The van der Waals surface area contributed by atoms with Gasteiger partial charge in [0.2, 0.25) is 0 Å². The summed E-state index contributed by atoms with van der Waals surface area (Å²) in [6.45, 7) is 4.20. The van der Waals surface area contributed by atoms with Gasteiger partial charge in [0.15, 0.2) is 0 Å². The number of nitrogens with one attached hydrogen (secondary N) is 1. The van der Waals surface area contributed by atoms with E-state index in [1.807, 2.05) is 38.1 Å². The van der Waals surface area contributed by atoms with Crippen molar-refractivity contribution in [2.24, 2.45) is 0 Å². The Bertz CT molecular complexity index is 665. The van der Waals surface area contributed by atoms with Gasteiger partial charge in [-0.15, -0.1) is 0 Å². The van der Waals surface area contributed by atoms with Gasteiger partial charge in [-0.25, -0.2) is 4.79 Å². The molecule has 0 aliphatic heterocycles. The van der Waals surface area contributed by atoms with Crippen LogP contribution < -0.4 is 5.32 Å². The molecular weight excluding hydrogens is 266 g/mol. The minimum absolute atomic E-state index is 0.293. The van der Waals surface area contributed by atoms with Crippen LogP contribution in [0.3, 0.4) is 0 Å². The number of anilines is 1. The summed E-state index contributed by atoms with van der Waals surface area (Å²) in [7, 11) is 1.37. The second kappa shape index (κ2) is 6.31. The predicted octanol–water partition coefficient (Wildman–Crippen LogP) is 3.41. The van der Waals surface area contributed by atoms with Crippen LogP contribution in [0.25, 0.3) is 0 Å². The van der Waals surface area contributed by atoms with Crippen LogP contribution in [0.2, 0.25) is 0 Å². The Hall–Kier alpha value is -2.49. The lowest BCUT2D eigenvalue weighted by Crippen LogP contribution is -2.09. The Labute approximate surface area is 124 Å². The third-order valence-corrected chi connectivity index (χ3v) is 3.52. The monoisotopic (exact) mass is 285 g/mol. The molecule has 2 aromatic carbocycles. The first-order valence-corrected chi connectivity index (χ1v) is 6.74. The molecule has 0 saturated carbocycles. The fraction of sp³-hybridized carbons (Fsp3) is 0.235. The van der Waals surface area contributed by atoms with Crippen molar-refractivity contribution in [2.75, 3.05) is 12.4 Å². The Morgan fingerprint density at radius 2 is 1.90 bits per heavy atom. The van der Waals surface area contributed by atoms with Crippen LogP contribution in [0.4, 0.5) is 5.69 Å². The number of esters is 1. The average molecular weight is 285 g/mol. The number of hydrogen-bond acceptors (Lipinski definition) is 4. The molecule has 2 N–H and O–H groups in total. The van der Waals surface area contributed by atoms with Crippen molar-refractivity contribution in [3.8, 4) is 5.75 Å². The highest BCUT2D eigenvalue weighted by molar-refractivity contribution is 5.91. The van der Waals surface area contributed by atoms with E-state index >= 15 is 0 Å². The van der Waals surface area contributed by atoms with Gasteiger partial charge < -0.3 is 15.2 Å². The van der Waals surface area contributed by atoms with Crippen molar-refractivity contribution >= 4 is 11.7 Å². The van der Waals surface area contributed by atoms with Gasteiger partial charge in [0, 0.05) is 17.8 Å². The summed E-state index contributed by atoms with van der Waals surface area (Å²) in [5.74, 6) is -0.0582. The summed E-state index contributed by atoms with van der Waals surface area (Å²) in [4.78, 5) is 11.7. The van der Waals surface area contributed by atoms with E-state index in [-0.39, 0.29) is 5.97 Å². The van der Waals surface area contributed by atoms with Crippen molar-refractivity contribution < 1.29 is 14.6 Å². The molecule has 0 saturated heterocycles. The average Bonchev–Trinajstić information content (AvgIpc) is 2.51. The number of methoxy groups -OCH3 is 1. The molecule has 0 unspecified atom stereocenters. The van der Waals surface area contributed by atoms with Crippen LogP contribution in [0.15, 0.2) is 36.4 Å². The quantitative estimate of drug-likeness (QED) is 0.845. The normalized spacial score (nSPS) is 10.2. The summed E-state index contributed by atoms with van der Waals surface area (Å²) in [6, 6.07) is 11.1. The number of aromatic hydroxyl groups is 1. The molecule has 0 aliphatic rings. The number of phenols is 1. The molecule has 0 spiro atoms. The van der Waals surface area contributed by atoms with Gasteiger partial charge in [-0.2, -0.15) is 0 Å². The Kier molecular flexibility index (Phi) is 4.48.